The maximum absolute atomic E-state index is 6.06. The topological polar surface area (TPSA) is 51.8 Å². The van der Waals surface area contributed by atoms with E-state index in [-0.39, 0.29) is 6.04 Å². The fourth-order valence-corrected chi connectivity index (χ4v) is 2.29. The molecule has 0 spiro atoms. The molecule has 0 aliphatic rings. The van der Waals surface area contributed by atoms with Gasteiger partial charge in [0.15, 0.2) is 0 Å². The molecule has 1 unspecified atom stereocenters. The average molecular weight is 233 g/mol. The van der Waals surface area contributed by atoms with Crippen molar-refractivity contribution in [2.75, 3.05) is 0 Å². The first-order valence-electron chi connectivity index (χ1n) is 5.37. The maximum Gasteiger partial charge on any atom is 0.0940 e. The predicted molar refractivity (Wildman–Crippen MR) is 66.4 cm³/mol. The van der Waals surface area contributed by atoms with Crippen molar-refractivity contribution in [1.29, 1.82) is 0 Å². The molecule has 0 aliphatic heterocycles. The highest BCUT2D eigenvalue weighted by Gasteiger charge is 2.06. The summed E-state index contributed by atoms with van der Waals surface area (Å²) in [7, 11) is 0. The summed E-state index contributed by atoms with van der Waals surface area (Å²) < 4.78 is 0. The van der Waals surface area contributed by atoms with E-state index in [0.717, 1.165) is 24.3 Å². The Kier molecular flexibility index (Phi) is 4.02. The molecule has 2 aromatic rings. The number of aryl methyl sites for hydroxylation is 1. The first-order chi connectivity index (χ1) is 7.84. The lowest BCUT2D eigenvalue weighted by Gasteiger charge is -2.09. The number of rotatable bonds is 5. The van der Waals surface area contributed by atoms with E-state index in [1.165, 1.54) is 5.56 Å². The number of hydrogen-bond acceptors (Lipinski definition) is 4. The van der Waals surface area contributed by atoms with Gasteiger partial charge < -0.3 is 5.73 Å². The van der Waals surface area contributed by atoms with Gasteiger partial charge >= 0.3 is 0 Å². The van der Waals surface area contributed by atoms with Crippen molar-refractivity contribution in [2.24, 2.45) is 5.73 Å². The van der Waals surface area contributed by atoms with Crippen molar-refractivity contribution in [2.45, 2.75) is 25.3 Å². The standard InChI is InChI=1S/C12H15N3S/c13-11(8-12-15-6-7-16-12)4-3-10-2-1-5-14-9-10/h1-2,5-7,9,11H,3-4,8,13H2. The van der Waals surface area contributed by atoms with Crippen LogP contribution in [0.1, 0.15) is 17.0 Å². The largest absolute Gasteiger partial charge is 0.327 e. The van der Waals surface area contributed by atoms with Crippen molar-refractivity contribution >= 4 is 11.3 Å². The third-order valence-electron chi connectivity index (χ3n) is 2.45. The van der Waals surface area contributed by atoms with Gasteiger partial charge in [-0.2, -0.15) is 0 Å². The Bertz CT molecular complexity index is 399. The molecule has 0 aromatic carbocycles. The molecule has 2 N–H and O–H groups in total. The summed E-state index contributed by atoms with van der Waals surface area (Å²) in [5, 5.41) is 3.11. The van der Waals surface area contributed by atoms with Crippen LogP contribution >= 0.6 is 11.3 Å². The second-order valence-electron chi connectivity index (χ2n) is 3.79. The summed E-state index contributed by atoms with van der Waals surface area (Å²) in [5.41, 5.74) is 7.31. The number of nitrogens with zero attached hydrogens (tertiary/aromatic N) is 2. The Labute approximate surface area is 99.4 Å². The Morgan fingerprint density at radius 1 is 1.38 bits per heavy atom. The molecule has 2 rings (SSSR count). The molecule has 0 saturated carbocycles. The van der Waals surface area contributed by atoms with Crippen molar-refractivity contribution in [1.82, 2.24) is 9.97 Å². The van der Waals surface area contributed by atoms with Crippen LogP contribution in [0.4, 0.5) is 0 Å². The minimum atomic E-state index is 0.186. The number of thiazole rings is 1. The summed E-state index contributed by atoms with van der Waals surface area (Å²) in [5.74, 6) is 0. The van der Waals surface area contributed by atoms with Gasteiger partial charge in [0.05, 0.1) is 5.01 Å². The van der Waals surface area contributed by atoms with Crippen LogP contribution in [0.15, 0.2) is 36.1 Å². The number of pyridine rings is 1. The SMILES string of the molecule is NC(CCc1cccnc1)Cc1nccs1. The van der Waals surface area contributed by atoms with E-state index in [1.807, 2.05) is 23.8 Å². The summed E-state index contributed by atoms with van der Waals surface area (Å²) >= 11 is 1.67. The zero-order chi connectivity index (χ0) is 11.2. The minimum Gasteiger partial charge on any atom is -0.327 e. The summed E-state index contributed by atoms with van der Waals surface area (Å²) in [4.78, 5) is 8.32. The molecule has 0 fully saturated rings. The molecule has 0 aliphatic carbocycles. The fourth-order valence-electron chi connectivity index (χ4n) is 1.58. The van der Waals surface area contributed by atoms with Crippen molar-refractivity contribution in [3.8, 4) is 0 Å². The molecular weight excluding hydrogens is 218 g/mol. The van der Waals surface area contributed by atoms with E-state index >= 15 is 0 Å². The van der Waals surface area contributed by atoms with Gasteiger partial charge in [-0.25, -0.2) is 4.98 Å². The third-order valence-corrected chi connectivity index (χ3v) is 3.25. The number of nitrogens with two attached hydrogens (primary N) is 1. The average Bonchev–Trinajstić information content (AvgIpc) is 2.81. The van der Waals surface area contributed by atoms with Gasteiger partial charge in [-0.1, -0.05) is 6.07 Å². The molecule has 2 aromatic heterocycles. The van der Waals surface area contributed by atoms with E-state index in [4.69, 9.17) is 5.73 Å². The first kappa shape index (κ1) is 11.2. The zero-order valence-corrected chi connectivity index (χ0v) is 9.86. The van der Waals surface area contributed by atoms with E-state index in [0.29, 0.717) is 0 Å². The van der Waals surface area contributed by atoms with Crippen LogP contribution in [0.2, 0.25) is 0 Å². The molecule has 16 heavy (non-hydrogen) atoms. The number of hydrogen-bond donors (Lipinski definition) is 1. The van der Waals surface area contributed by atoms with Crippen LogP contribution in [0, 0.1) is 0 Å². The van der Waals surface area contributed by atoms with Crippen LogP contribution in [-0.4, -0.2) is 16.0 Å². The van der Waals surface area contributed by atoms with E-state index in [2.05, 4.69) is 16.0 Å². The van der Waals surface area contributed by atoms with Gasteiger partial charge in [0.25, 0.3) is 0 Å². The van der Waals surface area contributed by atoms with Crippen molar-refractivity contribution in [3.63, 3.8) is 0 Å². The third kappa shape index (κ3) is 3.40. The maximum atomic E-state index is 6.06. The molecule has 3 nitrogen and oxygen atoms in total. The zero-order valence-electron chi connectivity index (χ0n) is 9.04. The smallest absolute Gasteiger partial charge is 0.0940 e. The number of aromatic nitrogens is 2. The lowest BCUT2D eigenvalue weighted by atomic mass is 10.1. The second-order valence-corrected chi connectivity index (χ2v) is 4.77. The molecule has 0 saturated heterocycles. The molecule has 1 atom stereocenters. The van der Waals surface area contributed by atoms with E-state index in [9.17, 15) is 0 Å². The Morgan fingerprint density at radius 3 is 3.00 bits per heavy atom. The van der Waals surface area contributed by atoms with E-state index in [1.54, 1.807) is 17.5 Å². The molecular formula is C12H15N3S. The molecule has 4 heteroatoms. The summed E-state index contributed by atoms with van der Waals surface area (Å²) in [6, 6.07) is 4.23. The van der Waals surface area contributed by atoms with Crippen LogP contribution < -0.4 is 5.73 Å². The minimum absolute atomic E-state index is 0.186. The Hall–Kier alpha value is -1.26. The van der Waals surface area contributed by atoms with Crippen LogP contribution in [-0.2, 0) is 12.8 Å². The molecule has 0 bridgehead atoms. The molecule has 2 heterocycles. The van der Waals surface area contributed by atoms with Crippen LogP contribution in [0.5, 0.6) is 0 Å². The van der Waals surface area contributed by atoms with Gasteiger partial charge in [0.2, 0.25) is 0 Å². The molecule has 0 radical (unpaired) electrons. The first-order valence-corrected chi connectivity index (χ1v) is 6.25. The van der Waals surface area contributed by atoms with Gasteiger partial charge in [-0.15, -0.1) is 11.3 Å². The monoisotopic (exact) mass is 233 g/mol. The lowest BCUT2D eigenvalue weighted by Crippen LogP contribution is -2.23. The summed E-state index contributed by atoms with van der Waals surface area (Å²) in [6.45, 7) is 0. The van der Waals surface area contributed by atoms with Crippen molar-refractivity contribution < 1.29 is 0 Å². The fraction of sp³-hybridized carbons (Fsp3) is 0.333. The Balaban J connectivity index is 1.78. The predicted octanol–water partition coefficient (Wildman–Crippen LogP) is 2.04. The lowest BCUT2D eigenvalue weighted by molar-refractivity contribution is 0.608. The highest BCUT2D eigenvalue weighted by atomic mass is 32.1. The normalized spacial score (nSPS) is 12.6. The van der Waals surface area contributed by atoms with Gasteiger partial charge in [-0.05, 0) is 24.5 Å². The van der Waals surface area contributed by atoms with Gasteiger partial charge in [0.1, 0.15) is 0 Å². The highest BCUT2D eigenvalue weighted by molar-refractivity contribution is 7.09. The molecule has 0 amide bonds. The second kappa shape index (κ2) is 5.72. The van der Waals surface area contributed by atoms with Gasteiger partial charge in [-0.3, -0.25) is 4.98 Å². The highest BCUT2D eigenvalue weighted by Crippen LogP contribution is 2.10. The Morgan fingerprint density at radius 2 is 2.31 bits per heavy atom. The van der Waals surface area contributed by atoms with E-state index < -0.39 is 0 Å². The quantitative estimate of drug-likeness (QED) is 0.859. The van der Waals surface area contributed by atoms with Crippen LogP contribution in [0.25, 0.3) is 0 Å². The summed E-state index contributed by atoms with van der Waals surface area (Å²) in [6.07, 6.45) is 8.35. The van der Waals surface area contributed by atoms with Crippen LogP contribution in [0.3, 0.4) is 0 Å². The van der Waals surface area contributed by atoms with Gasteiger partial charge in [0, 0.05) is 36.4 Å². The molecule has 84 valence electrons. The van der Waals surface area contributed by atoms with Crippen molar-refractivity contribution in [3.05, 3.63) is 46.7 Å².